The molecule has 1 saturated heterocycles. The lowest BCUT2D eigenvalue weighted by Gasteiger charge is -2.32. The van der Waals surface area contributed by atoms with Crippen LogP contribution in [-0.4, -0.2) is 43.6 Å². The lowest BCUT2D eigenvalue weighted by atomic mass is 10.0. The number of piperidine rings is 1. The first-order valence-electron chi connectivity index (χ1n) is 7.78. The van der Waals surface area contributed by atoms with Crippen LogP contribution in [0.15, 0.2) is 24.3 Å². The molecule has 1 heterocycles. The van der Waals surface area contributed by atoms with Gasteiger partial charge in [0, 0.05) is 19.1 Å². The molecule has 2 rings (SSSR count). The van der Waals surface area contributed by atoms with Gasteiger partial charge >= 0.3 is 0 Å². The molecule has 1 aromatic carbocycles. The zero-order chi connectivity index (χ0) is 15.2. The van der Waals surface area contributed by atoms with E-state index in [1.54, 1.807) is 0 Å². The number of hydrogen-bond acceptors (Lipinski definition) is 3. The molecule has 1 aliphatic rings. The smallest absolute Gasteiger partial charge is 0.260 e. The van der Waals surface area contributed by atoms with Gasteiger partial charge in [0.05, 0.1) is 0 Å². The largest absolute Gasteiger partial charge is 0.484 e. The molecule has 0 bridgehead atoms. The van der Waals surface area contributed by atoms with Crippen LogP contribution in [0.5, 0.6) is 5.75 Å². The van der Waals surface area contributed by atoms with Crippen molar-refractivity contribution in [3.8, 4) is 5.75 Å². The van der Waals surface area contributed by atoms with Crippen LogP contribution in [0, 0.1) is 0 Å². The average Bonchev–Trinajstić information content (AvgIpc) is 2.53. The molecular formula is C17H26N2O2. The molecule has 1 aromatic rings. The molecule has 1 unspecified atom stereocenters. The van der Waals surface area contributed by atoms with E-state index in [9.17, 15) is 4.79 Å². The first-order chi connectivity index (χ1) is 10.1. The third-order valence-electron chi connectivity index (χ3n) is 4.07. The SMILES string of the molecule is CNC1CCCN(C(=O)COc2cccc(C(C)C)c2)C1. The van der Waals surface area contributed by atoms with Crippen molar-refractivity contribution in [3.63, 3.8) is 0 Å². The van der Waals surface area contributed by atoms with Crippen LogP contribution in [-0.2, 0) is 4.79 Å². The molecule has 1 amide bonds. The van der Waals surface area contributed by atoms with Gasteiger partial charge in [-0.1, -0.05) is 26.0 Å². The summed E-state index contributed by atoms with van der Waals surface area (Å²) in [6.07, 6.45) is 2.19. The van der Waals surface area contributed by atoms with Crippen molar-refractivity contribution in [2.75, 3.05) is 26.7 Å². The summed E-state index contributed by atoms with van der Waals surface area (Å²) in [7, 11) is 1.95. The van der Waals surface area contributed by atoms with Crippen LogP contribution in [0.4, 0.5) is 0 Å². The third kappa shape index (κ3) is 4.46. The van der Waals surface area contributed by atoms with Crippen molar-refractivity contribution in [2.24, 2.45) is 0 Å². The number of hydrogen-bond donors (Lipinski definition) is 1. The van der Waals surface area contributed by atoms with Crippen LogP contribution in [0.25, 0.3) is 0 Å². The molecule has 21 heavy (non-hydrogen) atoms. The fraction of sp³-hybridized carbons (Fsp3) is 0.588. The molecule has 1 aliphatic heterocycles. The Balaban J connectivity index is 1.87. The van der Waals surface area contributed by atoms with Gasteiger partial charge in [0.15, 0.2) is 6.61 Å². The Hall–Kier alpha value is -1.55. The standard InChI is InChI=1S/C17H26N2O2/c1-13(2)14-6-4-8-16(10-14)21-12-17(20)19-9-5-7-15(11-19)18-3/h4,6,8,10,13,15,18H,5,7,9,11-12H2,1-3H3. The summed E-state index contributed by atoms with van der Waals surface area (Å²) in [5.41, 5.74) is 1.23. The number of amides is 1. The number of nitrogens with one attached hydrogen (secondary N) is 1. The summed E-state index contributed by atoms with van der Waals surface area (Å²) in [6, 6.07) is 8.40. The quantitative estimate of drug-likeness (QED) is 0.905. The fourth-order valence-electron chi connectivity index (χ4n) is 2.64. The second-order valence-electron chi connectivity index (χ2n) is 5.98. The van der Waals surface area contributed by atoms with E-state index in [0.717, 1.165) is 31.7 Å². The number of ether oxygens (including phenoxy) is 1. The van der Waals surface area contributed by atoms with E-state index in [2.05, 4.69) is 25.2 Å². The molecule has 1 fully saturated rings. The lowest BCUT2D eigenvalue weighted by Crippen LogP contribution is -2.48. The van der Waals surface area contributed by atoms with Crippen LogP contribution in [0.1, 0.15) is 38.2 Å². The lowest BCUT2D eigenvalue weighted by molar-refractivity contribution is -0.134. The third-order valence-corrected chi connectivity index (χ3v) is 4.07. The van der Waals surface area contributed by atoms with Crippen molar-refractivity contribution in [2.45, 2.75) is 38.6 Å². The van der Waals surface area contributed by atoms with Gasteiger partial charge in [-0.05, 0) is 43.5 Å². The van der Waals surface area contributed by atoms with E-state index in [1.807, 2.05) is 30.1 Å². The van der Waals surface area contributed by atoms with E-state index >= 15 is 0 Å². The summed E-state index contributed by atoms with van der Waals surface area (Å²) < 4.78 is 5.67. The predicted molar refractivity (Wildman–Crippen MR) is 84.7 cm³/mol. The maximum atomic E-state index is 12.2. The molecule has 0 radical (unpaired) electrons. The topological polar surface area (TPSA) is 41.6 Å². The van der Waals surface area contributed by atoms with Gasteiger partial charge in [0.25, 0.3) is 5.91 Å². The van der Waals surface area contributed by atoms with Crippen molar-refractivity contribution in [1.29, 1.82) is 0 Å². The molecule has 4 nitrogen and oxygen atoms in total. The summed E-state index contributed by atoms with van der Waals surface area (Å²) >= 11 is 0. The fourth-order valence-corrected chi connectivity index (χ4v) is 2.64. The van der Waals surface area contributed by atoms with Gasteiger partial charge in [0.1, 0.15) is 5.75 Å². The van der Waals surface area contributed by atoms with Crippen molar-refractivity contribution < 1.29 is 9.53 Å². The van der Waals surface area contributed by atoms with Crippen molar-refractivity contribution in [1.82, 2.24) is 10.2 Å². The molecule has 0 aliphatic carbocycles. The van der Waals surface area contributed by atoms with Crippen LogP contribution in [0.3, 0.4) is 0 Å². The second-order valence-corrected chi connectivity index (χ2v) is 5.98. The monoisotopic (exact) mass is 290 g/mol. The van der Waals surface area contributed by atoms with Gasteiger partial charge in [0.2, 0.25) is 0 Å². The Labute approximate surface area is 127 Å². The Bertz CT molecular complexity index is 474. The van der Waals surface area contributed by atoms with Crippen LogP contribution >= 0.6 is 0 Å². The molecule has 1 N–H and O–H groups in total. The molecule has 0 aromatic heterocycles. The zero-order valence-corrected chi connectivity index (χ0v) is 13.3. The minimum atomic E-state index is 0.0740. The Kier molecular flexibility index (Phi) is 5.62. The summed E-state index contributed by atoms with van der Waals surface area (Å²) in [4.78, 5) is 14.1. The number of nitrogens with zero attached hydrogens (tertiary/aromatic N) is 1. The molecule has 0 saturated carbocycles. The summed E-state index contributed by atoms with van der Waals surface area (Å²) in [5.74, 6) is 1.31. The highest BCUT2D eigenvalue weighted by Gasteiger charge is 2.22. The van der Waals surface area contributed by atoms with Crippen LogP contribution < -0.4 is 10.1 Å². The van der Waals surface area contributed by atoms with Gasteiger partial charge in [-0.25, -0.2) is 0 Å². The number of likely N-dealkylation sites (tertiary alicyclic amines) is 1. The van der Waals surface area contributed by atoms with Gasteiger partial charge in [-0.2, -0.15) is 0 Å². The van der Waals surface area contributed by atoms with Crippen LogP contribution in [0.2, 0.25) is 0 Å². The Morgan fingerprint density at radius 3 is 3.00 bits per heavy atom. The Morgan fingerprint density at radius 2 is 2.29 bits per heavy atom. The molecule has 4 heteroatoms. The van der Waals surface area contributed by atoms with Crippen molar-refractivity contribution in [3.05, 3.63) is 29.8 Å². The Morgan fingerprint density at radius 1 is 1.48 bits per heavy atom. The highest BCUT2D eigenvalue weighted by molar-refractivity contribution is 5.78. The maximum Gasteiger partial charge on any atom is 0.260 e. The minimum absolute atomic E-state index is 0.0740. The van der Waals surface area contributed by atoms with E-state index in [4.69, 9.17) is 4.74 Å². The molecule has 0 spiro atoms. The summed E-state index contributed by atoms with van der Waals surface area (Å²) in [6.45, 7) is 6.04. The van der Waals surface area contributed by atoms with Gasteiger partial charge in [-0.3, -0.25) is 4.79 Å². The van der Waals surface area contributed by atoms with E-state index in [0.29, 0.717) is 12.0 Å². The number of rotatable bonds is 5. The maximum absolute atomic E-state index is 12.2. The van der Waals surface area contributed by atoms with E-state index < -0.39 is 0 Å². The number of benzene rings is 1. The average molecular weight is 290 g/mol. The first kappa shape index (κ1) is 15.8. The van der Waals surface area contributed by atoms with Crippen molar-refractivity contribution >= 4 is 5.91 Å². The summed E-state index contributed by atoms with van der Waals surface area (Å²) in [5, 5.41) is 3.25. The normalized spacial score (nSPS) is 18.9. The van der Waals surface area contributed by atoms with Gasteiger partial charge in [-0.15, -0.1) is 0 Å². The highest BCUT2D eigenvalue weighted by atomic mass is 16.5. The highest BCUT2D eigenvalue weighted by Crippen LogP contribution is 2.20. The number of carbonyl (C=O) groups is 1. The molecule has 116 valence electrons. The first-order valence-corrected chi connectivity index (χ1v) is 7.78. The van der Waals surface area contributed by atoms with E-state index in [-0.39, 0.29) is 12.5 Å². The number of carbonyl (C=O) groups excluding carboxylic acids is 1. The predicted octanol–water partition coefficient (Wildman–Crippen LogP) is 2.40. The molecular weight excluding hydrogens is 264 g/mol. The van der Waals surface area contributed by atoms with Gasteiger partial charge < -0.3 is 15.0 Å². The zero-order valence-electron chi connectivity index (χ0n) is 13.3. The minimum Gasteiger partial charge on any atom is -0.484 e. The van der Waals surface area contributed by atoms with E-state index in [1.165, 1.54) is 5.56 Å². The number of likely N-dealkylation sites (N-methyl/N-ethyl adjacent to an activating group) is 1. The second kappa shape index (κ2) is 7.46. The molecule has 1 atom stereocenters.